The lowest BCUT2D eigenvalue weighted by Gasteiger charge is -2.22. The van der Waals surface area contributed by atoms with E-state index in [2.05, 4.69) is 10.4 Å². The zero-order valence-corrected chi connectivity index (χ0v) is 9.51. The molecule has 2 heterocycles. The highest BCUT2D eigenvalue weighted by Crippen LogP contribution is 2.08. The molecule has 1 aliphatic heterocycles. The molecule has 8 heteroatoms. The van der Waals surface area contributed by atoms with Gasteiger partial charge in [0, 0.05) is 12.7 Å². The molecule has 1 aromatic rings. The van der Waals surface area contributed by atoms with Crippen LogP contribution in [0.15, 0.2) is 12.3 Å². The van der Waals surface area contributed by atoms with E-state index < -0.39 is 12.5 Å². The summed E-state index contributed by atoms with van der Waals surface area (Å²) in [6.45, 7) is -1.04. The van der Waals surface area contributed by atoms with E-state index in [1.54, 1.807) is 0 Å². The highest BCUT2D eigenvalue weighted by molar-refractivity contribution is 5.92. The maximum atomic E-state index is 12.3. The number of ether oxygens (including phenoxy) is 2. The van der Waals surface area contributed by atoms with E-state index in [0.29, 0.717) is 24.5 Å². The predicted octanol–water partition coefficient (Wildman–Crippen LogP) is 0.423. The third-order valence-electron chi connectivity index (χ3n) is 2.42. The van der Waals surface area contributed by atoms with E-state index >= 15 is 0 Å². The number of nitrogens with zero attached hydrogens (tertiary/aromatic N) is 2. The molecule has 1 aliphatic rings. The van der Waals surface area contributed by atoms with Crippen molar-refractivity contribution in [2.45, 2.75) is 12.7 Å². The van der Waals surface area contributed by atoms with Crippen molar-refractivity contribution >= 4 is 5.91 Å². The first-order valence-corrected chi connectivity index (χ1v) is 5.47. The second-order valence-electron chi connectivity index (χ2n) is 3.74. The highest BCUT2D eigenvalue weighted by atomic mass is 19.3. The van der Waals surface area contributed by atoms with Gasteiger partial charge in [0.25, 0.3) is 5.91 Å². The van der Waals surface area contributed by atoms with E-state index in [4.69, 9.17) is 9.47 Å². The highest BCUT2D eigenvalue weighted by Gasteiger charge is 2.17. The third kappa shape index (κ3) is 3.23. The average Bonchev–Trinajstić information content (AvgIpc) is 2.87. The molecule has 6 nitrogen and oxygen atoms in total. The summed E-state index contributed by atoms with van der Waals surface area (Å²) in [5.74, 6) is -0.511. The van der Waals surface area contributed by atoms with E-state index in [0.717, 1.165) is 6.20 Å². The molecular formula is C10H13F2N3O3. The normalized spacial score (nSPS) is 20.1. The minimum atomic E-state index is -2.75. The number of halogens is 2. The number of hydrogen-bond acceptors (Lipinski definition) is 4. The van der Waals surface area contributed by atoms with Gasteiger partial charge < -0.3 is 14.8 Å². The number of rotatable bonds is 4. The van der Waals surface area contributed by atoms with Gasteiger partial charge in [-0.25, -0.2) is 4.68 Å². The maximum Gasteiger partial charge on any atom is 0.333 e. The largest absolute Gasteiger partial charge is 0.376 e. The van der Waals surface area contributed by atoms with E-state index in [1.807, 2.05) is 0 Å². The first-order chi connectivity index (χ1) is 8.66. The number of hydrogen-bond donors (Lipinski definition) is 1. The maximum absolute atomic E-state index is 12.3. The van der Waals surface area contributed by atoms with Crippen LogP contribution in [0.2, 0.25) is 0 Å². The molecule has 1 N–H and O–H groups in total. The molecule has 1 amide bonds. The molecule has 100 valence electrons. The van der Waals surface area contributed by atoms with Gasteiger partial charge in [0.15, 0.2) is 0 Å². The summed E-state index contributed by atoms with van der Waals surface area (Å²) in [5.41, 5.74) is -0.0490. The molecule has 0 aromatic carbocycles. The van der Waals surface area contributed by atoms with Crippen LogP contribution in [0.5, 0.6) is 0 Å². The second kappa shape index (κ2) is 5.87. The van der Waals surface area contributed by atoms with Crippen molar-refractivity contribution in [2.24, 2.45) is 0 Å². The van der Waals surface area contributed by atoms with Crippen molar-refractivity contribution in [3.63, 3.8) is 0 Å². The van der Waals surface area contributed by atoms with Crippen LogP contribution in [0.4, 0.5) is 8.78 Å². The Labute approximate surface area is 102 Å². The van der Waals surface area contributed by atoms with Gasteiger partial charge in [-0.3, -0.25) is 4.79 Å². The van der Waals surface area contributed by atoms with Crippen LogP contribution in [-0.2, 0) is 9.47 Å². The molecule has 1 fully saturated rings. The topological polar surface area (TPSA) is 65.4 Å². The summed E-state index contributed by atoms with van der Waals surface area (Å²) >= 11 is 0. The molecule has 1 atom stereocenters. The summed E-state index contributed by atoms with van der Waals surface area (Å²) in [4.78, 5) is 11.6. The second-order valence-corrected chi connectivity index (χ2v) is 3.74. The average molecular weight is 261 g/mol. The van der Waals surface area contributed by atoms with Gasteiger partial charge in [-0.05, 0) is 6.07 Å². The molecule has 1 aromatic heterocycles. The molecule has 0 spiro atoms. The first kappa shape index (κ1) is 12.9. The monoisotopic (exact) mass is 261 g/mol. The Morgan fingerprint density at radius 3 is 3.06 bits per heavy atom. The van der Waals surface area contributed by atoms with Crippen LogP contribution in [0.1, 0.15) is 17.0 Å². The first-order valence-electron chi connectivity index (χ1n) is 5.47. The number of carbonyl (C=O) groups is 1. The fourth-order valence-corrected chi connectivity index (χ4v) is 1.52. The minimum absolute atomic E-state index is 0.0490. The lowest BCUT2D eigenvalue weighted by molar-refractivity contribution is -0.0855. The standard InChI is InChI=1S/C10H13F2N3O3/c11-10(12)15-2-1-8(14-15)9(16)13-5-7-6-17-3-4-18-7/h1-2,7,10H,3-6H2,(H,13,16). The molecule has 0 radical (unpaired) electrons. The van der Waals surface area contributed by atoms with Crippen molar-refractivity contribution in [1.29, 1.82) is 0 Å². The molecule has 18 heavy (non-hydrogen) atoms. The number of aromatic nitrogens is 2. The van der Waals surface area contributed by atoms with Crippen molar-refractivity contribution in [3.05, 3.63) is 18.0 Å². The van der Waals surface area contributed by atoms with Gasteiger partial charge in [0.1, 0.15) is 5.69 Å². The Morgan fingerprint density at radius 1 is 1.61 bits per heavy atom. The number of carbonyl (C=O) groups excluding carboxylic acids is 1. The number of nitrogens with one attached hydrogen (secondary N) is 1. The van der Waals surface area contributed by atoms with E-state index in [1.165, 1.54) is 6.07 Å². The van der Waals surface area contributed by atoms with Crippen LogP contribution in [-0.4, -0.2) is 48.2 Å². The Kier molecular flexibility index (Phi) is 4.21. The van der Waals surface area contributed by atoms with Crippen LogP contribution in [0.3, 0.4) is 0 Å². The quantitative estimate of drug-likeness (QED) is 0.853. The smallest absolute Gasteiger partial charge is 0.333 e. The van der Waals surface area contributed by atoms with Gasteiger partial charge in [0.2, 0.25) is 0 Å². The van der Waals surface area contributed by atoms with Crippen LogP contribution >= 0.6 is 0 Å². The van der Waals surface area contributed by atoms with Crippen molar-refractivity contribution in [2.75, 3.05) is 26.4 Å². The summed E-state index contributed by atoms with van der Waals surface area (Å²) in [6.07, 6.45) is 0.847. The minimum Gasteiger partial charge on any atom is -0.376 e. The molecule has 0 saturated carbocycles. The molecule has 0 bridgehead atoms. The summed E-state index contributed by atoms with van der Waals surface area (Å²) < 4.78 is 35.4. The predicted molar refractivity (Wildman–Crippen MR) is 56.4 cm³/mol. The van der Waals surface area contributed by atoms with Gasteiger partial charge in [-0.15, -0.1) is 0 Å². The fraction of sp³-hybridized carbons (Fsp3) is 0.600. The third-order valence-corrected chi connectivity index (χ3v) is 2.42. The van der Waals surface area contributed by atoms with E-state index in [-0.39, 0.29) is 18.3 Å². The van der Waals surface area contributed by atoms with Gasteiger partial charge in [-0.1, -0.05) is 0 Å². The van der Waals surface area contributed by atoms with Crippen LogP contribution in [0, 0.1) is 0 Å². The van der Waals surface area contributed by atoms with Crippen molar-refractivity contribution in [3.8, 4) is 0 Å². The van der Waals surface area contributed by atoms with Crippen LogP contribution < -0.4 is 5.32 Å². The van der Waals surface area contributed by atoms with Gasteiger partial charge >= 0.3 is 6.55 Å². The zero-order chi connectivity index (χ0) is 13.0. The molecule has 1 unspecified atom stereocenters. The van der Waals surface area contributed by atoms with Crippen molar-refractivity contribution < 1.29 is 23.0 Å². The molecule has 2 rings (SSSR count). The Morgan fingerprint density at radius 2 is 2.44 bits per heavy atom. The van der Waals surface area contributed by atoms with Crippen LogP contribution in [0.25, 0.3) is 0 Å². The Hall–Kier alpha value is -1.54. The molecule has 1 saturated heterocycles. The number of amides is 1. The van der Waals surface area contributed by atoms with E-state index in [9.17, 15) is 13.6 Å². The SMILES string of the molecule is O=C(NCC1COCCO1)c1ccn(C(F)F)n1. The molecular weight excluding hydrogens is 248 g/mol. The van der Waals surface area contributed by atoms with Gasteiger partial charge in [-0.2, -0.15) is 13.9 Å². The van der Waals surface area contributed by atoms with Gasteiger partial charge in [0.05, 0.1) is 25.9 Å². The van der Waals surface area contributed by atoms with Crippen molar-refractivity contribution in [1.82, 2.24) is 15.1 Å². The summed E-state index contributed by atoms with van der Waals surface area (Å²) in [7, 11) is 0. The molecule has 0 aliphatic carbocycles. The Bertz CT molecular complexity index is 405. The summed E-state index contributed by atoms with van der Waals surface area (Å²) in [5, 5.41) is 6.01. The Balaban J connectivity index is 1.83. The lowest BCUT2D eigenvalue weighted by Crippen LogP contribution is -2.39. The lowest BCUT2D eigenvalue weighted by atomic mass is 10.3. The fourth-order valence-electron chi connectivity index (χ4n) is 1.52. The summed E-state index contributed by atoms with van der Waals surface area (Å²) in [6, 6.07) is 1.24. The number of alkyl halides is 2. The zero-order valence-electron chi connectivity index (χ0n) is 9.51.